The number of ether oxygens (including phenoxy) is 3. The molecule has 0 spiro atoms. The molecular formula is C21H18BrFN2O4. The predicted octanol–water partition coefficient (Wildman–Crippen LogP) is 5.21. The second kappa shape index (κ2) is 7.87. The van der Waals surface area contributed by atoms with Gasteiger partial charge in [-0.2, -0.15) is 0 Å². The van der Waals surface area contributed by atoms with E-state index in [9.17, 15) is 9.18 Å². The topological polar surface area (TPSA) is 69.7 Å². The van der Waals surface area contributed by atoms with Gasteiger partial charge in [0.15, 0.2) is 11.5 Å². The van der Waals surface area contributed by atoms with Crippen molar-refractivity contribution >= 4 is 38.5 Å². The third kappa shape index (κ3) is 3.60. The summed E-state index contributed by atoms with van der Waals surface area (Å²) in [5, 5.41) is 4.01. The summed E-state index contributed by atoms with van der Waals surface area (Å²) < 4.78 is 30.5. The van der Waals surface area contributed by atoms with E-state index in [0.717, 1.165) is 5.56 Å². The van der Waals surface area contributed by atoms with Gasteiger partial charge in [0.05, 0.1) is 16.8 Å². The molecule has 1 aliphatic rings. The summed E-state index contributed by atoms with van der Waals surface area (Å²) in [5.41, 5.74) is 2.14. The highest BCUT2D eigenvalue weighted by Gasteiger charge is 2.24. The third-order valence-electron chi connectivity index (χ3n) is 4.67. The van der Waals surface area contributed by atoms with Crippen molar-refractivity contribution in [2.45, 2.75) is 19.9 Å². The van der Waals surface area contributed by atoms with Crippen LogP contribution in [0.2, 0.25) is 0 Å². The molecule has 0 saturated carbocycles. The Morgan fingerprint density at radius 3 is 2.93 bits per heavy atom. The zero-order chi connectivity index (χ0) is 20.5. The van der Waals surface area contributed by atoms with Crippen molar-refractivity contribution in [1.82, 2.24) is 4.98 Å². The number of anilines is 1. The first-order chi connectivity index (χ1) is 14.0. The van der Waals surface area contributed by atoms with Gasteiger partial charge in [0.2, 0.25) is 6.79 Å². The van der Waals surface area contributed by atoms with Gasteiger partial charge < -0.3 is 19.5 Å². The zero-order valence-electron chi connectivity index (χ0n) is 15.8. The monoisotopic (exact) mass is 460 g/mol. The van der Waals surface area contributed by atoms with Crippen LogP contribution in [0.1, 0.15) is 35.8 Å². The largest absolute Gasteiger partial charge is 0.462 e. The van der Waals surface area contributed by atoms with Crippen LogP contribution in [-0.4, -0.2) is 24.4 Å². The predicted molar refractivity (Wildman–Crippen MR) is 110 cm³/mol. The van der Waals surface area contributed by atoms with Crippen molar-refractivity contribution in [1.29, 1.82) is 0 Å². The van der Waals surface area contributed by atoms with E-state index in [2.05, 4.69) is 26.2 Å². The van der Waals surface area contributed by atoms with Crippen LogP contribution >= 0.6 is 15.9 Å². The average molecular weight is 461 g/mol. The molecule has 6 nitrogen and oxygen atoms in total. The van der Waals surface area contributed by atoms with Crippen molar-refractivity contribution in [2.24, 2.45) is 0 Å². The normalized spacial score (nSPS) is 13.4. The number of pyridine rings is 1. The molecule has 3 aromatic rings. The van der Waals surface area contributed by atoms with E-state index in [0.29, 0.717) is 38.1 Å². The minimum absolute atomic E-state index is 0.118. The number of esters is 1. The average Bonchev–Trinajstić information content (AvgIpc) is 3.19. The number of hydrogen-bond donors (Lipinski definition) is 1. The maximum absolute atomic E-state index is 14.0. The number of nitrogens with zero attached hydrogens (tertiary/aromatic N) is 1. The molecule has 2 heterocycles. The summed E-state index contributed by atoms with van der Waals surface area (Å²) in [7, 11) is 0. The van der Waals surface area contributed by atoms with E-state index in [-0.39, 0.29) is 25.3 Å². The Bertz CT molecular complexity index is 1110. The Kier molecular flexibility index (Phi) is 5.27. The Hall–Kier alpha value is -2.87. The van der Waals surface area contributed by atoms with Gasteiger partial charge in [0.25, 0.3) is 0 Å². The summed E-state index contributed by atoms with van der Waals surface area (Å²) >= 11 is 3.16. The van der Waals surface area contributed by atoms with E-state index >= 15 is 0 Å². The number of carbonyl (C=O) groups is 1. The molecule has 1 atom stereocenters. The quantitative estimate of drug-likeness (QED) is 0.526. The maximum atomic E-state index is 14.0. The molecule has 8 heteroatoms. The summed E-state index contributed by atoms with van der Waals surface area (Å²) in [4.78, 5) is 16.9. The fourth-order valence-electron chi connectivity index (χ4n) is 3.23. The number of rotatable bonds is 5. The summed E-state index contributed by atoms with van der Waals surface area (Å²) in [6.45, 7) is 3.99. The van der Waals surface area contributed by atoms with Crippen LogP contribution in [0.5, 0.6) is 11.5 Å². The lowest BCUT2D eigenvalue weighted by Gasteiger charge is -2.20. The molecule has 0 amide bonds. The van der Waals surface area contributed by atoms with Crippen molar-refractivity contribution in [2.75, 3.05) is 18.7 Å². The van der Waals surface area contributed by atoms with Gasteiger partial charge in [-0.05, 0) is 59.6 Å². The van der Waals surface area contributed by atoms with Crippen LogP contribution < -0.4 is 14.8 Å². The number of benzene rings is 2. The Balaban J connectivity index is 1.82. The third-order valence-corrected chi connectivity index (χ3v) is 5.32. The highest BCUT2D eigenvalue weighted by Crippen LogP contribution is 2.42. The van der Waals surface area contributed by atoms with Crippen LogP contribution in [0.4, 0.5) is 10.1 Å². The number of carbonyl (C=O) groups excluding carboxylic acids is 1. The summed E-state index contributed by atoms with van der Waals surface area (Å²) in [6.07, 6.45) is 1.46. The van der Waals surface area contributed by atoms with Crippen molar-refractivity contribution in [3.05, 3.63) is 57.9 Å². The lowest BCUT2D eigenvalue weighted by Crippen LogP contribution is -2.14. The van der Waals surface area contributed by atoms with Crippen molar-refractivity contribution in [3.63, 3.8) is 0 Å². The first kappa shape index (κ1) is 19.4. The van der Waals surface area contributed by atoms with Gasteiger partial charge in [-0.15, -0.1) is 0 Å². The molecule has 0 aliphatic carbocycles. The first-order valence-corrected chi connectivity index (χ1v) is 9.88. The second-order valence-corrected chi connectivity index (χ2v) is 7.36. The fourth-order valence-corrected chi connectivity index (χ4v) is 3.47. The molecule has 0 radical (unpaired) electrons. The van der Waals surface area contributed by atoms with Crippen LogP contribution in [-0.2, 0) is 4.74 Å². The minimum atomic E-state index is -0.490. The molecule has 150 valence electrons. The smallest absolute Gasteiger partial charge is 0.341 e. The summed E-state index contributed by atoms with van der Waals surface area (Å²) in [5.74, 6) is 0.284. The Labute approximate surface area is 175 Å². The van der Waals surface area contributed by atoms with Crippen molar-refractivity contribution < 1.29 is 23.4 Å². The number of nitrogens with one attached hydrogen (secondary N) is 1. The standard InChI is InChI=1S/C21H18BrFN2O4/c1-3-27-21(26)14-9-24-19-13(5-7-17-20(19)29-10-28-17)18(14)25-11(2)12-4-6-15(22)16(23)8-12/h4-9,11H,3,10H2,1-2H3,(H,24,25). The molecule has 0 saturated heterocycles. The lowest BCUT2D eigenvalue weighted by molar-refractivity contribution is 0.0527. The molecule has 4 rings (SSSR count). The number of aromatic nitrogens is 1. The Morgan fingerprint density at radius 1 is 1.34 bits per heavy atom. The van der Waals surface area contributed by atoms with Gasteiger partial charge in [-0.3, -0.25) is 4.98 Å². The van der Waals surface area contributed by atoms with E-state index in [1.54, 1.807) is 19.1 Å². The van der Waals surface area contributed by atoms with Crippen LogP contribution in [0.15, 0.2) is 41.0 Å². The Morgan fingerprint density at radius 2 is 2.17 bits per heavy atom. The first-order valence-electron chi connectivity index (χ1n) is 9.09. The van der Waals surface area contributed by atoms with Gasteiger partial charge in [0.1, 0.15) is 16.9 Å². The van der Waals surface area contributed by atoms with E-state index in [1.807, 2.05) is 19.1 Å². The molecule has 0 fully saturated rings. The molecule has 1 N–H and O–H groups in total. The number of hydrogen-bond acceptors (Lipinski definition) is 6. The van der Waals surface area contributed by atoms with E-state index in [1.165, 1.54) is 12.3 Å². The van der Waals surface area contributed by atoms with Crippen molar-refractivity contribution in [3.8, 4) is 11.5 Å². The molecule has 29 heavy (non-hydrogen) atoms. The fraction of sp³-hybridized carbons (Fsp3) is 0.238. The molecule has 2 aromatic carbocycles. The highest BCUT2D eigenvalue weighted by atomic mass is 79.9. The highest BCUT2D eigenvalue weighted by molar-refractivity contribution is 9.10. The number of fused-ring (bicyclic) bond motifs is 3. The maximum Gasteiger partial charge on any atom is 0.341 e. The molecule has 1 unspecified atom stereocenters. The van der Waals surface area contributed by atoms with Crippen LogP contribution in [0.25, 0.3) is 10.9 Å². The number of halogens is 2. The summed E-state index contributed by atoms with van der Waals surface area (Å²) in [6, 6.07) is 8.21. The SMILES string of the molecule is CCOC(=O)c1cnc2c3c(ccc2c1NC(C)c1ccc(Br)c(F)c1)OCO3. The van der Waals surface area contributed by atoms with Crippen LogP contribution in [0.3, 0.4) is 0 Å². The van der Waals surface area contributed by atoms with E-state index < -0.39 is 5.97 Å². The van der Waals surface area contributed by atoms with E-state index in [4.69, 9.17) is 14.2 Å². The molecular weight excluding hydrogens is 443 g/mol. The lowest BCUT2D eigenvalue weighted by atomic mass is 10.0. The van der Waals surface area contributed by atoms with Gasteiger partial charge >= 0.3 is 5.97 Å². The zero-order valence-corrected chi connectivity index (χ0v) is 17.4. The van der Waals surface area contributed by atoms with Gasteiger partial charge in [0, 0.05) is 17.6 Å². The second-order valence-electron chi connectivity index (χ2n) is 6.50. The van der Waals surface area contributed by atoms with Gasteiger partial charge in [-0.25, -0.2) is 9.18 Å². The van der Waals surface area contributed by atoms with Gasteiger partial charge in [-0.1, -0.05) is 6.07 Å². The molecule has 0 bridgehead atoms. The molecule has 1 aliphatic heterocycles. The minimum Gasteiger partial charge on any atom is -0.462 e. The van der Waals surface area contributed by atoms with Crippen LogP contribution in [0, 0.1) is 5.82 Å². The molecule has 1 aromatic heterocycles.